The summed E-state index contributed by atoms with van der Waals surface area (Å²) in [5.74, 6) is -1.21. The monoisotopic (exact) mass is 178 g/mol. The van der Waals surface area contributed by atoms with Gasteiger partial charge in [0, 0.05) is 12.1 Å². The van der Waals surface area contributed by atoms with Gasteiger partial charge < -0.3 is 10.8 Å². The molecule has 0 aliphatic heterocycles. The molecule has 0 atom stereocenters. The van der Waals surface area contributed by atoms with Gasteiger partial charge in [-0.2, -0.15) is 0 Å². The fourth-order valence-corrected chi connectivity index (χ4v) is 0.961. The van der Waals surface area contributed by atoms with Crippen LogP contribution in [0.3, 0.4) is 0 Å². The summed E-state index contributed by atoms with van der Waals surface area (Å²) >= 11 is 0. The number of nitrogens with two attached hydrogens (primary N) is 1. The maximum absolute atomic E-state index is 10.3. The Bertz CT molecular complexity index is 347. The largest absolute Gasteiger partial charge is 0.477 e. The van der Waals surface area contributed by atoms with Gasteiger partial charge >= 0.3 is 5.97 Å². The molecule has 1 aromatic rings. The molecule has 0 radical (unpaired) electrons. The number of benzene rings is 1. The van der Waals surface area contributed by atoms with Crippen molar-refractivity contribution >= 4 is 17.4 Å². The molecule has 0 unspecified atom stereocenters. The molecule has 0 saturated carbocycles. The van der Waals surface area contributed by atoms with Crippen molar-refractivity contribution in [3.05, 3.63) is 29.8 Å². The van der Waals surface area contributed by atoms with Gasteiger partial charge in [0.05, 0.1) is 0 Å². The third-order valence-corrected chi connectivity index (χ3v) is 1.68. The number of hydrogen-bond donors (Lipinski definition) is 3. The van der Waals surface area contributed by atoms with E-state index in [2.05, 4.69) is 0 Å². The van der Waals surface area contributed by atoms with E-state index in [9.17, 15) is 4.79 Å². The van der Waals surface area contributed by atoms with Gasteiger partial charge in [0.2, 0.25) is 0 Å². The minimum Gasteiger partial charge on any atom is -0.477 e. The lowest BCUT2D eigenvalue weighted by atomic mass is 10.1. The van der Waals surface area contributed by atoms with Crippen LogP contribution in [0.1, 0.15) is 5.56 Å². The number of carboxylic acids is 1. The highest BCUT2D eigenvalue weighted by Crippen LogP contribution is 2.11. The number of para-hydroxylation sites is 1. The predicted octanol–water partition coefficient (Wildman–Crippen LogP) is 0.916. The molecule has 0 bridgehead atoms. The van der Waals surface area contributed by atoms with E-state index in [4.69, 9.17) is 16.2 Å². The quantitative estimate of drug-likeness (QED) is 0.475. The SMILES string of the molecule is N=C(Cc1ccccc1N)C(=O)O. The molecule has 0 amide bonds. The zero-order chi connectivity index (χ0) is 9.84. The van der Waals surface area contributed by atoms with E-state index in [1.165, 1.54) is 0 Å². The first-order chi connectivity index (χ1) is 6.11. The molecule has 1 aromatic carbocycles. The van der Waals surface area contributed by atoms with E-state index in [-0.39, 0.29) is 12.1 Å². The molecular weight excluding hydrogens is 168 g/mol. The number of carboxylic acid groups (broad SMARTS) is 1. The lowest BCUT2D eigenvalue weighted by Gasteiger charge is -2.02. The molecule has 0 saturated heterocycles. The summed E-state index contributed by atoms with van der Waals surface area (Å²) < 4.78 is 0. The summed E-state index contributed by atoms with van der Waals surface area (Å²) in [5, 5.41) is 15.6. The Balaban J connectivity index is 2.81. The van der Waals surface area contributed by atoms with E-state index in [1.54, 1.807) is 24.3 Å². The van der Waals surface area contributed by atoms with Crippen LogP contribution in [0, 0.1) is 5.41 Å². The maximum atomic E-state index is 10.3. The van der Waals surface area contributed by atoms with E-state index in [0.29, 0.717) is 11.3 Å². The third kappa shape index (κ3) is 2.30. The first kappa shape index (κ1) is 9.25. The number of rotatable bonds is 3. The Labute approximate surface area is 75.5 Å². The van der Waals surface area contributed by atoms with Crippen LogP contribution in [0.15, 0.2) is 24.3 Å². The highest BCUT2D eigenvalue weighted by molar-refractivity contribution is 6.34. The minimum atomic E-state index is -1.21. The van der Waals surface area contributed by atoms with Crippen LogP contribution in [-0.2, 0) is 11.2 Å². The first-order valence-electron chi connectivity index (χ1n) is 3.75. The Morgan fingerprint density at radius 3 is 2.62 bits per heavy atom. The molecule has 0 heterocycles. The molecule has 4 N–H and O–H groups in total. The second-order valence-electron chi connectivity index (χ2n) is 2.66. The summed E-state index contributed by atoms with van der Waals surface area (Å²) in [6, 6.07) is 6.93. The number of nitrogens with one attached hydrogen (secondary N) is 1. The summed E-state index contributed by atoms with van der Waals surface area (Å²) in [4.78, 5) is 10.3. The molecular formula is C9H10N2O2. The van der Waals surface area contributed by atoms with E-state index in [1.807, 2.05) is 0 Å². The third-order valence-electron chi connectivity index (χ3n) is 1.68. The van der Waals surface area contributed by atoms with Crippen LogP contribution in [0.5, 0.6) is 0 Å². The number of hydrogen-bond acceptors (Lipinski definition) is 3. The van der Waals surface area contributed by atoms with E-state index >= 15 is 0 Å². The average Bonchev–Trinajstić information content (AvgIpc) is 2.08. The highest BCUT2D eigenvalue weighted by atomic mass is 16.4. The van der Waals surface area contributed by atoms with Crippen LogP contribution in [0.4, 0.5) is 5.69 Å². The molecule has 0 aliphatic carbocycles. The summed E-state index contributed by atoms with van der Waals surface area (Å²) in [6.45, 7) is 0. The maximum Gasteiger partial charge on any atom is 0.349 e. The zero-order valence-corrected chi connectivity index (χ0v) is 6.95. The molecule has 68 valence electrons. The van der Waals surface area contributed by atoms with Crippen LogP contribution < -0.4 is 5.73 Å². The van der Waals surface area contributed by atoms with Gasteiger partial charge in [-0.25, -0.2) is 4.79 Å². The van der Waals surface area contributed by atoms with Gasteiger partial charge in [-0.3, -0.25) is 5.41 Å². The number of aliphatic carboxylic acids is 1. The standard InChI is InChI=1S/C9H10N2O2/c10-7-4-2-1-3-6(7)5-8(11)9(12)13/h1-4,11H,5,10H2,(H,12,13). The summed E-state index contributed by atoms with van der Waals surface area (Å²) in [5.41, 5.74) is 6.43. The Morgan fingerprint density at radius 2 is 2.08 bits per heavy atom. The topological polar surface area (TPSA) is 87.2 Å². The van der Waals surface area contributed by atoms with Gasteiger partial charge in [-0.05, 0) is 11.6 Å². The summed E-state index contributed by atoms with van der Waals surface area (Å²) in [7, 11) is 0. The van der Waals surface area contributed by atoms with E-state index < -0.39 is 5.97 Å². The normalized spacial score (nSPS) is 9.54. The van der Waals surface area contributed by atoms with Crippen LogP contribution in [-0.4, -0.2) is 16.8 Å². The van der Waals surface area contributed by atoms with Gasteiger partial charge in [0.25, 0.3) is 0 Å². The molecule has 0 spiro atoms. The minimum absolute atomic E-state index is 0.0714. The lowest BCUT2D eigenvalue weighted by molar-refractivity contribution is -0.129. The van der Waals surface area contributed by atoms with Crippen molar-refractivity contribution in [1.29, 1.82) is 5.41 Å². The molecule has 13 heavy (non-hydrogen) atoms. The van der Waals surface area contributed by atoms with Gasteiger partial charge in [0.1, 0.15) is 5.71 Å². The second kappa shape index (κ2) is 3.71. The van der Waals surface area contributed by atoms with Crippen molar-refractivity contribution in [1.82, 2.24) is 0 Å². The van der Waals surface area contributed by atoms with Crippen molar-refractivity contribution in [3.63, 3.8) is 0 Å². The van der Waals surface area contributed by atoms with Crippen molar-refractivity contribution in [2.24, 2.45) is 0 Å². The average molecular weight is 178 g/mol. The molecule has 0 fully saturated rings. The molecule has 0 aliphatic rings. The fraction of sp³-hybridized carbons (Fsp3) is 0.111. The zero-order valence-electron chi connectivity index (χ0n) is 6.95. The Hall–Kier alpha value is -1.84. The van der Waals surface area contributed by atoms with Crippen LogP contribution >= 0.6 is 0 Å². The molecule has 0 aromatic heterocycles. The molecule has 1 rings (SSSR count). The van der Waals surface area contributed by atoms with Crippen molar-refractivity contribution in [2.75, 3.05) is 5.73 Å². The number of carbonyl (C=O) groups is 1. The second-order valence-corrected chi connectivity index (χ2v) is 2.66. The van der Waals surface area contributed by atoms with Crippen LogP contribution in [0.25, 0.3) is 0 Å². The highest BCUT2D eigenvalue weighted by Gasteiger charge is 2.08. The van der Waals surface area contributed by atoms with Crippen LogP contribution in [0.2, 0.25) is 0 Å². The predicted molar refractivity (Wildman–Crippen MR) is 49.9 cm³/mol. The van der Waals surface area contributed by atoms with Crippen molar-refractivity contribution < 1.29 is 9.90 Å². The smallest absolute Gasteiger partial charge is 0.349 e. The number of anilines is 1. The van der Waals surface area contributed by atoms with Crippen molar-refractivity contribution in [3.8, 4) is 0 Å². The van der Waals surface area contributed by atoms with Crippen molar-refractivity contribution in [2.45, 2.75) is 6.42 Å². The lowest BCUT2D eigenvalue weighted by Crippen LogP contribution is -2.14. The first-order valence-corrected chi connectivity index (χ1v) is 3.75. The van der Waals surface area contributed by atoms with Gasteiger partial charge in [0.15, 0.2) is 0 Å². The Kier molecular flexibility index (Phi) is 2.64. The van der Waals surface area contributed by atoms with Gasteiger partial charge in [-0.15, -0.1) is 0 Å². The number of nitrogen functional groups attached to an aromatic ring is 1. The fourth-order valence-electron chi connectivity index (χ4n) is 0.961. The van der Waals surface area contributed by atoms with Gasteiger partial charge in [-0.1, -0.05) is 18.2 Å². The molecule has 4 nitrogen and oxygen atoms in total. The molecule has 4 heteroatoms. The van der Waals surface area contributed by atoms with E-state index in [0.717, 1.165) is 0 Å². The summed E-state index contributed by atoms with van der Waals surface area (Å²) in [6.07, 6.45) is 0.0714. The Morgan fingerprint density at radius 1 is 1.46 bits per heavy atom.